The van der Waals surface area contributed by atoms with Crippen LogP contribution in [0.3, 0.4) is 0 Å². The molecular formula is C124H158N3O3P5. The fourth-order valence-electron chi connectivity index (χ4n) is 21.8. The van der Waals surface area contributed by atoms with Crippen LogP contribution in [-0.2, 0) is 21.7 Å². The van der Waals surface area contributed by atoms with Crippen molar-refractivity contribution in [3.05, 3.63) is 337 Å². The zero-order valence-electron chi connectivity index (χ0n) is 84.3. The van der Waals surface area contributed by atoms with Crippen LogP contribution in [0, 0.1) is 13.8 Å². The highest BCUT2D eigenvalue weighted by atomic mass is 31.2. The fraction of sp³-hybridized carbons (Fsp3) is 0.435. The van der Waals surface area contributed by atoms with Crippen molar-refractivity contribution in [2.24, 2.45) is 0 Å². The third-order valence-electron chi connectivity index (χ3n) is 29.2. The molecular weight excluding hydrogens is 1730 g/mol. The Morgan fingerprint density at radius 1 is 0.274 bits per heavy atom. The van der Waals surface area contributed by atoms with E-state index in [0.717, 1.165) is 56.8 Å². The maximum absolute atomic E-state index is 6.56. The number of rotatable bonds is 21. The predicted octanol–water partition coefficient (Wildman–Crippen LogP) is 34.6. The average molecular weight is 1890 g/mol. The first-order chi connectivity index (χ1) is 65.4. The maximum atomic E-state index is 6.56. The Morgan fingerprint density at radius 2 is 0.622 bits per heavy atom. The van der Waals surface area contributed by atoms with Crippen LogP contribution in [0.2, 0.25) is 0 Å². The molecule has 3 heterocycles. The maximum Gasteiger partial charge on any atom is 0.530 e. The number of para-hydroxylation sites is 4. The molecule has 3 aromatic heterocycles. The average Bonchev–Trinajstić information content (AvgIpc) is 1.65. The molecule has 19 rings (SSSR count). The lowest BCUT2D eigenvalue weighted by Crippen LogP contribution is -2.29. The Kier molecular flexibility index (Phi) is 36.5. The molecule has 11 heteroatoms. The number of aromatic nitrogens is 3. The lowest BCUT2D eigenvalue weighted by atomic mass is 9.80. The van der Waals surface area contributed by atoms with Crippen molar-refractivity contribution in [3.63, 3.8) is 0 Å². The van der Waals surface area contributed by atoms with Gasteiger partial charge in [0.05, 0.1) is 5.52 Å². The molecule has 6 aliphatic carbocycles. The third kappa shape index (κ3) is 27.3. The van der Waals surface area contributed by atoms with Gasteiger partial charge in [-0.2, -0.15) is 0 Å². The minimum atomic E-state index is -1.77. The van der Waals surface area contributed by atoms with Gasteiger partial charge in [0.25, 0.3) is 0 Å². The molecule has 0 atom stereocenters. The summed E-state index contributed by atoms with van der Waals surface area (Å²) in [7, 11) is -2.44. The number of hydrogen-bond donors (Lipinski definition) is 0. The van der Waals surface area contributed by atoms with Crippen LogP contribution in [0.1, 0.15) is 309 Å². The smallest absolute Gasteiger partial charge is 0.409 e. The molecule has 0 amide bonds. The summed E-state index contributed by atoms with van der Waals surface area (Å²) >= 11 is 0. The van der Waals surface area contributed by atoms with E-state index in [1.807, 2.05) is 24.3 Å². The Hall–Kier alpha value is -8.15. The van der Waals surface area contributed by atoms with Crippen molar-refractivity contribution in [1.82, 2.24) is 13.7 Å². The quantitative estimate of drug-likeness (QED) is 0.0674. The Balaban J connectivity index is 0.000000130. The van der Waals surface area contributed by atoms with E-state index >= 15 is 0 Å². The van der Waals surface area contributed by atoms with Gasteiger partial charge in [-0.3, -0.25) is 0 Å². The van der Waals surface area contributed by atoms with Gasteiger partial charge in [0.1, 0.15) is 17.2 Å². The van der Waals surface area contributed by atoms with Crippen LogP contribution in [-0.4, -0.2) is 47.7 Å². The van der Waals surface area contributed by atoms with Crippen molar-refractivity contribution >= 4 is 83.4 Å². The van der Waals surface area contributed by atoms with Crippen LogP contribution >= 0.6 is 40.3 Å². The highest BCUT2D eigenvalue weighted by Crippen LogP contribution is 2.59. The summed E-state index contributed by atoms with van der Waals surface area (Å²) in [5.74, 6) is 2.23. The van der Waals surface area contributed by atoms with Gasteiger partial charge in [-0.05, 0) is 295 Å². The van der Waals surface area contributed by atoms with E-state index in [1.54, 1.807) is 16.3 Å². The van der Waals surface area contributed by atoms with Gasteiger partial charge in [-0.15, -0.1) is 0 Å². The molecule has 0 bridgehead atoms. The standard InChI is InChI=1S/C34H47O3P.C26H32NP.C23H32NP.C22H30NP.C19H17P/c1-31(2,3)24-13-18-27(19-14-24)35-38(36-28-20-15-25(16-21-28)32(4,5)6)37-30-22-17-26(33(7,8)9)23-29(30)34(10,11)12;1-4-13-22(14-5-1)27-25-19-11-10-12-21(25)20-26(27)28(23-15-6-2-7-16-23)24-17-8-3-9-18-24;1-19-11-8-9-16-22(19)24-18-10-17-23(24)25(20-12-4-2-5-13-20)21-14-6-3-7-15-21;1-4-11-19(12-5-1)23-18-10-17-22(23)24(20-13-6-2-7-14-20)21-15-8-3-9-16-21;1-16-10-8-9-15-19(16)20(17-11-4-2-5-12-17)18-13-6-3-7-14-18/h13-23H,1-12H3;1,4-5,10-14,19-20,23-24H,2-3,6-9,15-18H2;8-11,16-18,20-21H,2-7,12-15H2,1H3;1,4-5,10-12,17-18,20-21H,2-3,6-9,13-16H2;2-15H,1H3. The molecule has 0 spiro atoms. The third-order valence-corrected chi connectivity index (χ3v) is 43.3. The largest absolute Gasteiger partial charge is 0.530 e. The number of nitrogens with zero attached hydrogens (tertiary/aromatic N) is 3. The van der Waals surface area contributed by atoms with E-state index in [9.17, 15) is 0 Å². The van der Waals surface area contributed by atoms with Crippen molar-refractivity contribution in [3.8, 4) is 34.3 Å². The van der Waals surface area contributed by atoms with Crippen LogP contribution in [0.4, 0.5) is 0 Å². The van der Waals surface area contributed by atoms with Crippen molar-refractivity contribution < 1.29 is 13.6 Å². The van der Waals surface area contributed by atoms with E-state index < -0.39 is 16.5 Å². The number of hydrogen-bond acceptors (Lipinski definition) is 3. The lowest BCUT2D eigenvalue weighted by Gasteiger charge is -2.39. The van der Waals surface area contributed by atoms with E-state index in [0.29, 0.717) is 0 Å². The van der Waals surface area contributed by atoms with E-state index in [1.165, 1.54) is 264 Å². The van der Waals surface area contributed by atoms with Gasteiger partial charge in [0.15, 0.2) is 0 Å². The molecule has 6 saturated carbocycles. The number of aryl methyl sites for hydroxylation is 2. The van der Waals surface area contributed by atoms with Gasteiger partial charge in [0, 0.05) is 56.7 Å². The fourth-order valence-corrected chi connectivity index (χ4v) is 36.9. The molecule has 13 aromatic rings. The predicted molar refractivity (Wildman–Crippen MR) is 593 cm³/mol. The molecule has 0 aliphatic heterocycles. The van der Waals surface area contributed by atoms with E-state index in [2.05, 4.69) is 390 Å². The molecule has 712 valence electrons. The summed E-state index contributed by atoms with van der Waals surface area (Å²) in [6.45, 7) is 31.0. The summed E-state index contributed by atoms with van der Waals surface area (Å²) in [6, 6.07) is 105. The lowest BCUT2D eigenvalue weighted by molar-refractivity contribution is 0.382. The summed E-state index contributed by atoms with van der Waals surface area (Å²) in [5.41, 5.74) is 23.9. The van der Waals surface area contributed by atoms with Crippen LogP contribution < -0.4 is 45.8 Å². The monoisotopic (exact) mass is 1890 g/mol. The number of fused-ring (bicyclic) bond motifs is 1. The highest BCUT2D eigenvalue weighted by Gasteiger charge is 2.39. The van der Waals surface area contributed by atoms with Crippen molar-refractivity contribution in [2.45, 2.75) is 345 Å². The molecule has 0 unspecified atom stereocenters. The van der Waals surface area contributed by atoms with Crippen LogP contribution in [0.5, 0.6) is 17.2 Å². The zero-order chi connectivity index (χ0) is 94.3. The zero-order valence-corrected chi connectivity index (χ0v) is 88.8. The SMILES string of the molecule is CC(C)(C)c1ccc(OP(Oc2ccc(C(C)(C)C)cc2)Oc2ccc(C(C)(C)C)cc2C(C)(C)C)cc1.Cc1ccccc1-n1cccc1P(C1CCCCC1)C1CCCCC1.Cc1ccccc1P(c1ccccc1)c1ccccc1.c1ccc(-n2c(P(C3CCCCC3)C3CCCCC3)cc3ccccc32)cc1.c1ccc(-n2cccc2P(C2CCCCC2)C2CCCCC2)cc1. The van der Waals surface area contributed by atoms with Crippen LogP contribution in [0.15, 0.2) is 304 Å². The molecule has 6 fully saturated rings. The molecule has 0 N–H and O–H groups in total. The Morgan fingerprint density at radius 3 is 1.03 bits per heavy atom. The van der Waals surface area contributed by atoms with Crippen LogP contribution in [0.25, 0.3) is 28.0 Å². The number of benzene rings is 10. The summed E-state index contributed by atoms with van der Waals surface area (Å²) in [5, 5.41) is 5.67. The minimum absolute atomic E-state index is 0.0365. The molecule has 6 nitrogen and oxygen atoms in total. The second kappa shape index (κ2) is 48.6. The first-order valence-electron chi connectivity index (χ1n) is 52.0. The van der Waals surface area contributed by atoms with Gasteiger partial charge in [0.2, 0.25) is 0 Å². The molecule has 0 saturated heterocycles. The molecule has 10 aromatic carbocycles. The second-order valence-corrected chi connectivity index (χ2v) is 54.7. The highest BCUT2D eigenvalue weighted by molar-refractivity contribution is 7.80. The summed E-state index contributed by atoms with van der Waals surface area (Å²) in [6.07, 6.45) is 48.4. The van der Waals surface area contributed by atoms with Crippen molar-refractivity contribution in [1.29, 1.82) is 0 Å². The van der Waals surface area contributed by atoms with E-state index in [4.69, 9.17) is 13.6 Å². The van der Waals surface area contributed by atoms with Gasteiger partial charge in [-0.25, -0.2) is 0 Å². The normalized spacial score (nSPS) is 16.7. The Labute approximate surface area is 821 Å². The summed E-state index contributed by atoms with van der Waals surface area (Å²) in [4.78, 5) is 0. The minimum Gasteiger partial charge on any atom is -0.409 e. The second-order valence-electron chi connectivity index (χ2n) is 43.4. The first-order valence-corrected chi connectivity index (χ1v) is 58.9. The van der Waals surface area contributed by atoms with Gasteiger partial charge in [-0.1, -0.05) is 417 Å². The first kappa shape index (κ1) is 101. The van der Waals surface area contributed by atoms with Gasteiger partial charge >= 0.3 is 8.60 Å². The molecule has 135 heavy (non-hydrogen) atoms. The summed E-state index contributed by atoms with van der Waals surface area (Å²) < 4.78 is 27.0. The van der Waals surface area contributed by atoms with Crippen molar-refractivity contribution in [2.75, 3.05) is 0 Å². The Bertz CT molecular complexity index is 5550. The van der Waals surface area contributed by atoms with E-state index in [-0.39, 0.29) is 45.4 Å². The van der Waals surface area contributed by atoms with Gasteiger partial charge < -0.3 is 27.3 Å². The molecule has 6 aliphatic rings. The topological polar surface area (TPSA) is 42.5 Å². The molecule has 0 radical (unpaired) electrons.